The largest absolute Gasteiger partial charge is 0.346 e. The number of carbonyl (C=O) groups excluding carboxylic acids is 1. The van der Waals surface area contributed by atoms with Gasteiger partial charge in [0.2, 0.25) is 5.91 Å². The van der Waals surface area contributed by atoms with Crippen molar-refractivity contribution >= 4 is 29.3 Å². The topological polar surface area (TPSA) is 59.8 Å². The van der Waals surface area contributed by atoms with Crippen molar-refractivity contribution in [1.82, 2.24) is 20.1 Å². The fraction of sp³-hybridized carbons (Fsp3) is 0.400. The van der Waals surface area contributed by atoms with Crippen LogP contribution in [0.3, 0.4) is 0 Å². The van der Waals surface area contributed by atoms with Crippen LogP contribution in [0.4, 0.5) is 0 Å². The zero-order valence-electron chi connectivity index (χ0n) is 18.6. The van der Waals surface area contributed by atoms with Crippen molar-refractivity contribution in [2.75, 3.05) is 0 Å². The summed E-state index contributed by atoms with van der Waals surface area (Å²) in [5, 5.41) is 13.6. The van der Waals surface area contributed by atoms with Crippen molar-refractivity contribution < 1.29 is 4.79 Å². The SMILES string of the molecule is Cc1ccc(Cl)cc1-n1c(SCc2ccccc2)nnc1C(C)NC(=O)C1CCCCC1. The molecule has 5 nitrogen and oxygen atoms in total. The van der Waals surface area contributed by atoms with E-state index in [0.29, 0.717) is 5.02 Å². The molecule has 1 fully saturated rings. The Morgan fingerprint density at radius 3 is 2.66 bits per heavy atom. The van der Waals surface area contributed by atoms with Crippen molar-refractivity contribution in [2.24, 2.45) is 5.92 Å². The van der Waals surface area contributed by atoms with Gasteiger partial charge < -0.3 is 5.32 Å². The number of hydrogen-bond donors (Lipinski definition) is 1. The van der Waals surface area contributed by atoms with E-state index in [1.54, 1.807) is 11.8 Å². The van der Waals surface area contributed by atoms with Gasteiger partial charge in [0, 0.05) is 16.7 Å². The molecule has 1 aliphatic rings. The average Bonchev–Trinajstić information content (AvgIpc) is 3.24. The molecule has 1 saturated carbocycles. The van der Waals surface area contributed by atoms with Crippen LogP contribution in [0.25, 0.3) is 5.69 Å². The van der Waals surface area contributed by atoms with Crippen LogP contribution in [0.2, 0.25) is 5.02 Å². The molecule has 2 aromatic carbocycles. The molecule has 1 aliphatic carbocycles. The molecule has 3 aromatic rings. The number of nitrogens with one attached hydrogen (secondary N) is 1. The van der Waals surface area contributed by atoms with Gasteiger partial charge in [-0.05, 0) is 49.9 Å². The van der Waals surface area contributed by atoms with E-state index in [9.17, 15) is 4.79 Å². The lowest BCUT2D eigenvalue weighted by Gasteiger charge is -2.23. The first kappa shape index (κ1) is 22.9. The van der Waals surface area contributed by atoms with Crippen LogP contribution in [-0.4, -0.2) is 20.7 Å². The van der Waals surface area contributed by atoms with Crippen LogP contribution in [0, 0.1) is 12.8 Å². The van der Waals surface area contributed by atoms with Gasteiger partial charge in [0.25, 0.3) is 0 Å². The van der Waals surface area contributed by atoms with E-state index in [1.165, 1.54) is 12.0 Å². The Hall–Kier alpha value is -2.31. The van der Waals surface area contributed by atoms with Crippen LogP contribution in [-0.2, 0) is 10.5 Å². The third-order valence-electron chi connectivity index (χ3n) is 6.00. The predicted molar refractivity (Wildman–Crippen MR) is 130 cm³/mol. The molecule has 0 aliphatic heterocycles. The smallest absolute Gasteiger partial charge is 0.223 e. The second-order valence-corrected chi connectivity index (χ2v) is 9.83. The number of hydrogen-bond acceptors (Lipinski definition) is 4. The van der Waals surface area contributed by atoms with E-state index in [0.717, 1.165) is 53.7 Å². The average molecular weight is 469 g/mol. The Bertz CT molecular complexity index is 1060. The molecule has 0 saturated heterocycles. The van der Waals surface area contributed by atoms with Gasteiger partial charge in [0.05, 0.1) is 11.7 Å². The number of aromatic nitrogens is 3. The lowest BCUT2D eigenvalue weighted by atomic mass is 9.88. The Balaban J connectivity index is 1.63. The van der Waals surface area contributed by atoms with Crippen molar-refractivity contribution in [3.05, 3.63) is 70.5 Å². The summed E-state index contributed by atoms with van der Waals surface area (Å²) in [6.45, 7) is 4.03. The van der Waals surface area contributed by atoms with Gasteiger partial charge >= 0.3 is 0 Å². The molecular weight excluding hydrogens is 440 g/mol. The number of aryl methyl sites for hydroxylation is 1. The van der Waals surface area contributed by atoms with E-state index in [4.69, 9.17) is 11.6 Å². The minimum Gasteiger partial charge on any atom is -0.346 e. The minimum absolute atomic E-state index is 0.0994. The molecule has 1 unspecified atom stereocenters. The molecule has 1 atom stereocenters. The maximum atomic E-state index is 12.9. The first-order valence-corrected chi connectivity index (χ1v) is 12.6. The molecule has 1 N–H and O–H groups in total. The summed E-state index contributed by atoms with van der Waals surface area (Å²) in [6.07, 6.45) is 5.42. The maximum absolute atomic E-state index is 12.9. The number of carbonyl (C=O) groups is 1. The Labute approximate surface area is 199 Å². The lowest BCUT2D eigenvalue weighted by molar-refractivity contribution is -0.126. The standard InChI is InChI=1S/C25H29ClN4OS/c1-17-13-14-21(26)15-22(17)30-23(18(2)27-24(31)20-11-7-4-8-12-20)28-29-25(30)32-16-19-9-5-3-6-10-19/h3,5-6,9-10,13-15,18,20H,4,7-8,11-12,16H2,1-2H3,(H,27,31). The second-order valence-electron chi connectivity index (χ2n) is 8.45. The predicted octanol–water partition coefficient (Wildman–Crippen LogP) is 6.28. The van der Waals surface area contributed by atoms with Crippen molar-refractivity contribution in [2.45, 2.75) is 62.9 Å². The van der Waals surface area contributed by atoms with Gasteiger partial charge in [-0.15, -0.1) is 10.2 Å². The fourth-order valence-corrected chi connectivity index (χ4v) is 5.26. The highest BCUT2D eigenvalue weighted by atomic mass is 35.5. The number of amides is 1. The van der Waals surface area contributed by atoms with Gasteiger partial charge in [-0.1, -0.05) is 79.0 Å². The van der Waals surface area contributed by atoms with Gasteiger partial charge in [-0.2, -0.15) is 0 Å². The molecule has 1 amide bonds. The molecule has 1 heterocycles. The van der Waals surface area contributed by atoms with E-state index >= 15 is 0 Å². The highest BCUT2D eigenvalue weighted by Crippen LogP contribution is 2.31. The van der Waals surface area contributed by atoms with Crippen LogP contribution in [0.5, 0.6) is 0 Å². The molecule has 0 spiro atoms. The van der Waals surface area contributed by atoms with E-state index < -0.39 is 0 Å². The third-order valence-corrected chi connectivity index (χ3v) is 7.24. The van der Waals surface area contributed by atoms with E-state index in [-0.39, 0.29) is 17.9 Å². The summed E-state index contributed by atoms with van der Waals surface area (Å²) in [5.41, 5.74) is 3.23. The summed E-state index contributed by atoms with van der Waals surface area (Å²) >= 11 is 7.97. The van der Waals surface area contributed by atoms with Crippen LogP contribution in [0.15, 0.2) is 53.7 Å². The van der Waals surface area contributed by atoms with Crippen molar-refractivity contribution in [3.63, 3.8) is 0 Å². The Kier molecular flexibility index (Phi) is 7.53. The molecule has 168 valence electrons. The van der Waals surface area contributed by atoms with Crippen LogP contribution < -0.4 is 5.32 Å². The quantitative estimate of drug-likeness (QED) is 0.414. The van der Waals surface area contributed by atoms with Gasteiger partial charge in [-0.25, -0.2) is 0 Å². The number of benzene rings is 2. The van der Waals surface area contributed by atoms with Crippen molar-refractivity contribution in [3.8, 4) is 5.69 Å². The summed E-state index contributed by atoms with van der Waals surface area (Å²) in [7, 11) is 0. The highest BCUT2D eigenvalue weighted by Gasteiger charge is 2.26. The summed E-state index contributed by atoms with van der Waals surface area (Å²) in [4.78, 5) is 12.9. The van der Waals surface area contributed by atoms with Gasteiger partial charge in [0.15, 0.2) is 11.0 Å². The number of nitrogens with zero attached hydrogens (tertiary/aromatic N) is 3. The van der Waals surface area contributed by atoms with Crippen LogP contribution in [0.1, 0.15) is 62.0 Å². The van der Waals surface area contributed by atoms with Crippen LogP contribution >= 0.6 is 23.4 Å². The number of thioether (sulfide) groups is 1. The van der Waals surface area contributed by atoms with E-state index in [2.05, 4.69) is 27.6 Å². The minimum atomic E-state index is -0.263. The number of halogens is 1. The molecule has 7 heteroatoms. The molecule has 0 radical (unpaired) electrons. The highest BCUT2D eigenvalue weighted by molar-refractivity contribution is 7.98. The second kappa shape index (κ2) is 10.5. The zero-order chi connectivity index (χ0) is 22.5. The normalized spacial score (nSPS) is 15.5. The Morgan fingerprint density at radius 1 is 1.16 bits per heavy atom. The molecular formula is C25H29ClN4OS. The van der Waals surface area contributed by atoms with Gasteiger partial charge in [-0.3, -0.25) is 9.36 Å². The third kappa shape index (κ3) is 5.36. The monoisotopic (exact) mass is 468 g/mol. The number of rotatable bonds is 7. The summed E-state index contributed by atoms with van der Waals surface area (Å²) in [6, 6.07) is 15.9. The van der Waals surface area contributed by atoms with Crippen molar-refractivity contribution in [1.29, 1.82) is 0 Å². The summed E-state index contributed by atoms with van der Waals surface area (Å²) in [5.74, 6) is 1.71. The molecule has 0 bridgehead atoms. The fourth-order valence-electron chi connectivity index (χ4n) is 4.19. The Morgan fingerprint density at radius 2 is 1.91 bits per heavy atom. The first-order chi connectivity index (χ1) is 15.5. The van der Waals surface area contributed by atoms with E-state index in [1.807, 2.05) is 54.8 Å². The zero-order valence-corrected chi connectivity index (χ0v) is 20.1. The maximum Gasteiger partial charge on any atom is 0.223 e. The first-order valence-electron chi connectivity index (χ1n) is 11.2. The molecule has 4 rings (SSSR count). The lowest BCUT2D eigenvalue weighted by Crippen LogP contribution is -2.34. The molecule has 1 aromatic heterocycles. The van der Waals surface area contributed by atoms with Gasteiger partial charge in [0.1, 0.15) is 0 Å². The molecule has 32 heavy (non-hydrogen) atoms. The summed E-state index contributed by atoms with van der Waals surface area (Å²) < 4.78 is 2.04.